The van der Waals surface area contributed by atoms with Gasteiger partial charge in [-0.15, -0.1) is 0 Å². The number of esters is 2. The Bertz CT molecular complexity index is 601. The second-order valence-corrected chi connectivity index (χ2v) is 5.66. The molecule has 0 aliphatic rings. The van der Waals surface area contributed by atoms with Crippen LogP contribution in [-0.4, -0.2) is 62.8 Å². The van der Waals surface area contributed by atoms with E-state index in [4.69, 9.17) is 14.2 Å². The molecule has 0 fully saturated rings. The number of carbonyl (C=O) groups excluding carboxylic acids is 3. The number of carbonyl (C=O) groups is 3. The van der Waals surface area contributed by atoms with E-state index in [0.717, 1.165) is 12.8 Å². The predicted octanol–water partition coefficient (Wildman–Crippen LogP) is 2.30. The first-order valence-electron chi connectivity index (χ1n) is 8.75. The Balaban J connectivity index is 2.41. The molecule has 1 aromatic carbocycles. The zero-order chi connectivity index (χ0) is 19.4. The van der Waals surface area contributed by atoms with Crippen LogP contribution in [0.25, 0.3) is 0 Å². The van der Waals surface area contributed by atoms with Crippen molar-refractivity contribution in [2.24, 2.45) is 0 Å². The van der Waals surface area contributed by atoms with Crippen LogP contribution in [0.4, 0.5) is 0 Å². The molecule has 0 saturated carbocycles. The van der Waals surface area contributed by atoms with E-state index >= 15 is 0 Å². The van der Waals surface area contributed by atoms with Gasteiger partial charge in [-0.3, -0.25) is 4.79 Å². The Hall–Kier alpha value is -2.41. The van der Waals surface area contributed by atoms with Gasteiger partial charge in [0.05, 0.1) is 24.3 Å². The monoisotopic (exact) mass is 365 g/mol. The number of likely N-dealkylation sites (N-methyl/N-ethyl adjacent to an activating group) is 1. The van der Waals surface area contributed by atoms with Crippen molar-refractivity contribution in [2.45, 2.75) is 26.7 Å². The molecule has 1 rings (SSSR count). The Kier molecular flexibility index (Phi) is 10.0. The van der Waals surface area contributed by atoms with Gasteiger partial charge in [0.1, 0.15) is 13.2 Å². The summed E-state index contributed by atoms with van der Waals surface area (Å²) in [7, 11) is 1.63. The predicted molar refractivity (Wildman–Crippen MR) is 96.0 cm³/mol. The summed E-state index contributed by atoms with van der Waals surface area (Å²) in [5.41, 5.74) is 0.547. The van der Waals surface area contributed by atoms with Gasteiger partial charge in [-0.05, 0) is 31.5 Å². The summed E-state index contributed by atoms with van der Waals surface area (Å²) in [6, 6.07) is 6.14. The number of benzene rings is 1. The average molecular weight is 365 g/mol. The second kappa shape index (κ2) is 12.0. The first-order chi connectivity index (χ1) is 12.5. The summed E-state index contributed by atoms with van der Waals surface area (Å²) < 4.78 is 15.3. The van der Waals surface area contributed by atoms with Crippen molar-refractivity contribution >= 4 is 17.8 Å². The minimum atomic E-state index is -0.559. The Morgan fingerprint density at radius 2 is 1.65 bits per heavy atom. The molecule has 0 aliphatic heterocycles. The van der Waals surface area contributed by atoms with Crippen molar-refractivity contribution in [3.8, 4) is 0 Å². The van der Waals surface area contributed by atoms with Crippen LogP contribution in [0.2, 0.25) is 0 Å². The van der Waals surface area contributed by atoms with Gasteiger partial charge in [0.2, 0.25) is 5.91 Å². The number of amides is 1. The van der Waals surface area contributed by atoms with E-state index in [2.05, 4.69) is 0 Å². The molecule has 1 amide bonds. The number of unbranched alkanes of at least 4 members (excludes halogenated alkanes) is 1. The molecule has 0 saturated heterocycles. The minimum Gasteiger partial charge on any atom is -0.462 e. The summed E-state index contributed by atoms with van der Waals surface area (Å²) in [6.45, 7) is 4.92. The molecule has 0 aromatic heterocycles. The molecule has 7 heteroatoms. The number of rotatable bonds is 11. The lowest BCUT2D eigenvalue weighted by Gasteiger charge is -2.17. The maximum Gasteiger partial charge on any atom is 0.338 e. The normalized spacial score (nSPS) is 10.3. The van der Waals surface area contributed by atoms with Crippen molar-refractivity contribution in [3.63, 3.8) is 0 Å². The lowest BCUT2D eigenvalue weighted by molar-refractivity contribution is -0.135. The highest BCUT2D eigenvalue weighted by Crippen LogP contribution is 2.08. The van der Waals surface area contributed by atoms with E-state index in [9.17, 15) is 14.4 Å². The van der Waals surface area contributed by atoms with Gasteiger partial charge in [-0.1, -0.05) is 19.4 Å². The van der Waals surface area contributed by atoms with E-state index in [0.29, 0.717) is 6.61 Å². The molecular weight excluding hydrogens is 338 g/mol. The Labute approximate surface area is 154 Å². The summed E-state index contributed by atoms with van der Waals surface area (Å²) in [5, 5.41) is 0. The standard InChI is InChI=1S/C19H27NO6/c1-4-6-11-24-14-17(21)20(3)10-12-26-19(23)16-9-7-8-15(13-16)18(22)25-5-2/h7-9,13H,4-6,10-12,14H2,1-3H3. The molecule has 0 unspecified atom stereocenters. The molecule has 0 spiro atoms. The van der Waals surface area contributed by atoms with Crippen molar-refractivity contribution in [3.05, 3.63) is 35.4 Å². The van der Waals surface area contributed by atoms with Crippen LogP contribution >= 0.6 is 0 Å². The van der Waals surface area contributed by atoms with Gasteiger partial charge in [0.15, 0.2) is 0 Å². The minimum absolute atomic E-state index is 0.0199. The Morgan fingerprint density at radius 3 is 2.27 bits per heavy atom. The van der Waals surface area contributed by atoms with Crippen LogP contribution in [0.15, 0.2) is 24.3 Å². The third-order valence-electron chi connectivity index (χ3n) is 3.56. The summed E-state index contributed by atoms with van der Waals surface area (Å²) in [5.74, 6) is -1.21. The second-order valence-electron chi connectivity index (χ2n) is 5.66. The fourth-order valence-corrected chi connectivity index (χ4v) is 1.99. The molecule has 1 aromatic rings. The van der Waals surface area contributed by atoms with E-state index in [-0.39, 0.29) is 43.4 Å². The van der Waals surface area contributed by atoms with E-state index in [1.54, 1.807) is 32.2 Å². The van der Waals surface area contributed by atoms with Crippen molar-refractivity contribution < 1.29 is 28.6 Å². The maximum atomic E-state index is 12.1. The number of hydrogen-bond donors (Lipinski definition) is 0. The van der Waals surface area contributed by atoms with Crippen LogP contribution in [0.1, 0.15) is 47.4 Å². The van der Waals surface area contributed by atoms with Crippen LogP contribution in [0.5, 0.6) is 0 Å². The maximum absolute atomic E-state index is 12.1. The molecule has 0 N–H and O–H groups in total. The molecule has 0 aliphatic carbocycles. The van der Waals surface area contributed by atoms with Crippen molar-refractivity contribution in [2.75, 3.05) is 40.0 Å². The fraction of sp³-hybridized carbons (Fsp3) is 0.526. The van der Waals surface area contributed by atoms with E-state index in [1.807, 2.05) is 6.92 Å². The zero-order valence-electron chi connectivity index (χ0n) is 15.7. The quantitative estimate of drug-likeness (QED) is 0.442. The molecule has 26 heavy (non-hydrogen) atoms. The van der Waals surface area contributed by atoms with Crippen molar-refractivity contribution in [1.29, 1.82) is 0 Å². The number of ether oxygens (including phenoxy) is 3. The van der Waals surface area contributed by atoms with E-state index in [1.165, 1.54) is 11.0 Å². The van der Waals surface area contributed by atoms with Gasteiger partial charge in [0.25, 0.3) is 0 Å². The SMILES string of the molecule is CCCCOCC(=O)N(C)CCOC(=O)c1cccc(C(=O)OCC)c1. The van der Waals surface area contributed by atoms with Gasteiger partial charge in [0, 0.05) is 13.7 Å². The summed E-state index contributed by atoms with van der Waals surface area (Å²) in [6.07, 6.45) is 1.93. The zero-order valence-corrected chi connectivity index (χ0v) is 15.7. The molecular formula is C19H27NO6. The van der Waals surface area contributed by atoms with E-state index < -0.39 is 11.9 Å². The molecule has 7 nitrogen and oxygen atoms in total. The molecule has 0 radical (unpaired) electrons. The molecule has 144 valence electrons. The number of hydrogen-bond acceptors (Lipinski definition) is 6. The number of nitrogens with zero attached hydrogens (tertiary/aromatic N) is 1. The lowest BCUT2D eigenvalue weighted by Crippen LogP contribution is -2.33. The highest BCUT2D eigenvalue weighted by Gasteiger charge is 2.13. The third-order valence-corrected chi connectivity index (χ3v) is 3.56. The van der Waals surface area contributed by atoms with Crippen LogP contribution in [-0.2, 0) is 19.0 Å². The van der Waals surface area contributed by atoms with Crippen LogP contribution in [0, 0.1) is 0 Å². The average Bonchev–Trinajstić information content (AvgIpc) is 2.65. The molecule has 0 bridgehead atoms. The van der Waals surface area contributed by atoms with Gasteiger partial charge >= 0.3 is 11.9 Å². The fourth-order valence-electron chi connectivity index (χ4n) is 1.99. The Morgan fingerprint density at radius 1 is 1.00 bits per heavy atom. The molecule has 0 atom stereocenters. The highest BCUT2D eigenvalue weighted by molar-refractivity contribution is 5.95. The highest BCUT2D eigenvalue weighted by atomic mass is 16.5. The molecule has 0 heterocycles. The first-order valence-corrected chi connectivity index (χ1v) is 8.75. The first kappa shape index (κ1) is 21.6. The smallest absolute Gasteiger partial charge is 0.338 e. The summed E-state index contributed by atoms with van der Waals surface area (Å²) >= 11 is 0. The van der Waals surface area contributed by atoms with Gasteiger partial charge < -0.3 is 19.1 Å². The van der Waals surface area contributed by atoms with Crippen molar-refractivity contribution in [1.82, 2.24) is 4.90 Å². The lowest BCUT2D eigenvalue weighted by atomic mass is 10.1. The summed E-state index contributed by atoms with van der Waals surface area (Å²) in [4.78, 5) is 37.1. The van der Waals surface area contributed by atoms with Gasteiger partial charge in [-0.25, -0.2) is 9.59 Å². The van der Waals surface area contributed by atoms with Crippen LogP contribution < -0.4 is 0 Å². The third kappa shape index (κ3) is 7.65. The van der Waals surface area contributed by atoms with Crippen LogP contribution in [0.3, 0.4) is 0 Å². The largest absolute Gasteiger partial charge is 0.462 e. The topological polar surface area (TPSA) is 82.1 Å². The van der Waals surface area contributed by atoms with Gasteiger partial charge in [-0.2, -0.15) is 0 Å².